The molecule has 1 aromatic heterocycles. The van der Waals surface area contributed by atoms with Crippen molar-refractivity contribution >= 4 is 0 Å². The zero-order valence-electron chi connectivity index (χ0n) is 8.62. The summed E-state index contributed by atoms with van der Waals surface area (Å²) in [4.78, 5) is 4.24. The molecular formula is C10H17N3O. The predicted molar refractivity (Wildman–Crippen MR) is 52.6 cm³/mol. The van der Waals surface area contributed by atoms with Crippen LogP contribution in [0, 0.1) is 6.92 Å². The van der Waals surface area contributed by atoms with Crippen molar-refractivity contribution in [3.05, 3.63) is 11.7 Å². The normalized spacial score (nSPS) is 21.9. The standard InChI is InChI=1S/C10H17N3O/c1-8-12-9(14-13-8)10(11)6-4-2-3-5-7-10/h2-7,11H2,1H3. The molecule has 1 aromatic rings. The van der Waals surface area contributed by atoms with E-state index >= 15 is 0 Å². The van der Waals surface area contributed by atoms with Gasteiger partial charge in [-0.05, 0) is 19.8 Å². The van der Waals surface area contributed by atoms with Crippen molar-refractivity contribution in [3.63, 3.8) is 0 Å². The van der Waals surface area contributed by atoms with Gasteiger partial charge in [0, 0.05) is 0 Å². The Bertz CT molecular complexity index is 300. The first-order chi connectivity index (χ1) is 6.71. The van der Waals surface area contributed by atoms with E-state index < -0.39 is 0 Å². The molecule has 4 nitrogen and oxygen atoms in total. The molecular weight excluding hydrogens is 178 g/mol. The van der Waals surface area contributed by atoms with E-state index in [9.17, 15) is 0 Å². The van der Waals surface area contributed by atoms with Gasteiger partial charge in [0.15, 0.2) is 5.82 Å². The molecule has 0 radical (unpaired) electrons. The molecule has 0 unspecified atom stereocenters. The highest BCUT2D eigenvalue weighted by molar-refractivity contribution is 5.02. The quantitative estimate of drug-likeness (QED) is 0.695. The van der Waals surface area contributed by atoms with Crippen LogP contribution >= 0.6 is 0 Å². The van der Waals surface area contributed by atoms with Crippen LogP contribution in [0.25, 0.3) is 0 Å². The van der Waals surface area contributed by atoms with Gasteiger partial charge in [0.1, 0.15) is 0 Å². The van der Waals surface area contributed by atoms with Gasteiger partial charge >= 0.3 is 0 Å². The Morgan fingerprint density at radius 1 is 1.21 bits per heavy atom. The number of hydrogen-bond donors (Lipinski definition) is 1. The Morgan fingerprint density at radius 3 is 2.36 bits per heavy atom. The summed E-state index contributed by atoms with van der Waals surface area (Å²) in [5.74, 6) is 1.30. The number of aromatic nitrogens is 2. The SMILES string of the molecule is Cc1noc(C2(N)CCCCCC2)n1. The second-order valence-electron chi connectivity index (χ2n) is 4.22. The molecule has 0 saturated heterocycles. The largest absolute Gasteiger partial charge is 0.337 e. The van der Waals surface area contributed by atoms with Crippen LogP contribution in [-0.2, 0) is 5.54 Å². The lowest BCUT2D eigenvalue weighted by Crippen LogP contribution is -2.36. The first-order valence-electron chi connectivity index (χ1n) is 5.30. The number of nitrogens with zero attached hydrogens (tertiary/aromatic N) is 2. The highest BCUT2D eigenvalue weighted by atomic mass is 16.5. The average Bonchev–Trinajstić information content (AvgIpc) is 2.47. The Hall–Kier alpha value is -0.900. The molecule has 0 atom stereocenters. The summed E-state index contributed by atoms with van der Waals surface area (Å²) in [5, 5.41) is 3.80. The third-order valence-corrected chi connectivity index (χ3v) is 2.95. The van der Waals surface area contributed by atoms with Crippen molar-refractivity contribution in [1.82, 2.24) is 10.1 Å². The van der Waals surface area contributed by atoms with Crippen molar-refractivity contribution in [2.45, 2.75) is 51.0 Å². The number of rotatable bonds is 1. The van der Waals surface area contributed by atoms with Crippen molar-refractivity contribution in [3.8, 4) is 0 Å². The van der Waals surface area contributed by atoms with Crippen LogP contribution in [0.3, 0.4) is 0 Å². The van der Waals surface area contributed by atoms with Crippen molar-refractivity contribution in [2.24, 2.45) is 5.73 Å². The van der Waals surface area contributed by atoms with Gasteiger partial charge in [-0.1, -0.05) is 30.8 Å². The summed E-state index contributed by atoms with van der Waals surface area (Å²) >= 11 is 0. The molecule has 4 heteroatoms. The Morgan fingerprint density at radius 2 is 1.86 bits per heavy atom. The number of hydrogen-bond acceptors (Lipinski definition) is 4. The molecule has 2 rings (SSSR count). The van der Waals surface area contributed by atoms with E-state index in [-0.39, 0.29) is 5.54 Å². The monoisotopic (exact) mass is 195 g/mol. The molecule has 78 valence electrons. The van der Waals surface area contributed by atoms with E-state index in [1.165, 1.54) is 12.8 Å². The number of aryl methyl sites for hydroxylation is 1. The molecule has 1 saturated carbocycles. The van der Waals surface area contributed by atoms with Crippen LogP contribution in [0.4, 0.5) is 0 Å². The van der Waals surface area contributed by atoms with Gasteiger partial charge in [-0.25, -0.2) is 0 Å². The van der Waals surface area contributed by atoms with E-state index in [0.29, 0.717) is 11.7 Å². The molecule has 1 heterocycles. The van der Waals surface area contributed by atoms with E-state index in [1.807, 2.05) is 6.92 Å². The molecule has 0 spiro atoms. The topological polar surface area (TPSA) is 64.9 Å². The fourth-order valence-electron chi connectivity index (χ4n) is 2.07. The molecule has 1 aliphatic carbocycles. The third-order valence-electron chi connectivity index (χ3n) is 2.95. The lowest BCUT2D eigenvalue weighted by atomic mass is 9.91. The van der Waals surface area contributed by atoms with Crippen LogP contribution < -0.4 is 5.73 Å². The zero-order valence-corrected chi connectivity index (χ0v) is 8.62. The van der Waals surface area contributed by atoms with Crippen LogP contribution in [0.15, 0.2) is 4.52 Å². The maximum atomic E-state index is 6.30. The maximum Gasteiger partial charge on any atom is 0.246 e. The Kier molecular flexibility index (Phi) is 2.54. The first-order valence-corrected chi connectivity index (χ1v) is 5.30. The van der Waals surface area contributed by atoms with Crippen LogP contribution in [0.1, 0.15) is 50.2 Å². The summed E-state index contributed by atoms with van der Waals surface area (Å²) in [7, 11) is 0. The Labute approximate surface area is 83.9 Å². The van der Waals surface area contributed by atoms with E-state index in [2.05, 4.69) is 10.1 Å². The summed E-state index contributed by atoms with van der Waals surface area (Å²) in [5.41, 5.74) is 5.93. The van der Waals surface area contributed by atoms with Crippen LogP contribution in [-0.4, -0.2) is 10.1 Å². The lowest BCUT2D eigenvalue weighted by Gasteiger charge is -2.22. The highest BCUT2D eigenvalue weighted by Crippen LogP contribution is 2.32. The molecule has 1 fully saturated rings. The van der Waals surface area contributed by atoms with E-state index in [1.54, 1.807) is 0 Å². The summed E-state index contributed by atoms with van der Waals surface area (Å²) < 4.78 is 5.18. The summed E-state index contributed by atoms with van der Waals surface area (Å²) in [6.07, 6.45) is 6.80. The van der Waals surface area contributed by atoms with Crippen molar-refractivity contribution in [2.75, 3.05) is 0 Å². The molecule has 0 bridgehead atoms. The molecule has 14 heavy (non-hydrogen) atoms. The average molecular weight is 195 g/mol. The maximum absolute atomic E-state index is 6.30. The predicted octanol–water partition coefficient (Wildman–Crippen LogP) is 1.89. The van der Waals surface area contributed by atoms with Gasteiger partial charge in [0.05, 0.1) is 5.54 Å². The minimum atomic E-state index is -0.363. The van der Waals surface area contributed by atoms with Crippen LogP contribution in [0.2, 0.25) is 0 Å². The third kappa shape index (κ3) is 1.80. The minimum Gasteiger partial charge on any atom is -0.337 e. The van der Waals surface area contributed by atoms with Gasteiger partial charge in [0.2, 0.25) is 5.89 Å². The molecule has 0 amide bonds. The number of nitrogens with two attached hydrogens (primary N) is 1. The van der Waals surface area contributed by atoms with Gasteiger partial charge in [-0.2, -0.15) is 4.98 Å². The van der Waals surface area contributed by atoms with Crippen molar-refractivity contribution in [1.29, 1.82) is 0 Å². The molecule has 0 aromatic carbocycles. The fourth-order valence-corrected chi connectivity index (χ4v) is 2.07. The summed E-state index contributed by atoms with van der Waals surface area (Å²) in [6, 6.07) is 0. The first kappa shape index (κ1) is 9.65. The molecule has 0 aliphatic heterocycles. The molecule has 1 aliphatic rings. The van der Waals surface area contributed by atoms with E-state index in [4.69, 9.17) is 10.3 Å². The van der Waals surface area contributed by atoms with Gasteiger partial charge in [-0.3, -0.25) is 0 Å². The zero-order chi connectivity index (χ0) is 10.0. The second-order valence-corrected chi connectivity index (χ2v) is 4.22. The fraction of sp³-hybridized carbons (Fsp3) is 0.800. The molecule has 2 N–H and O–H groups in total. The Balaban J connectivity index is 2.20. The minimum absolute atomic E-state index is 0.363. The van der Waals surface area contributed by atoms with Gasteiger partial charge in [0.25, 0.3) is 0 Å². The van der Waals surface area contributed by atoms with Crippen molar-refractivity contribution < 1.29 is 4.52 Å². The smallest absolute Gasteiger partial charge is 0.246 e. The van der Waals surface area contributed by atoms with Gasteiger partial charge < -0.3 is 10.3 Å². The summed E-state index contributed by atoms with van der Waals surface area (Å²) in [6.45, 7) is 1.83. The second kappa shape index (κ2) is 3.69. The van der Waals surface area contributed by atoms with Crippen LogP contribution in [0.5, 0.6) is 0 Å². The lowest BCUT2D eigenvalue weighted by molar-refractivity contribution is 0.256. The highest BCUT2D eigenvalue weighted by Gasteiger charge is 2.33. The van der Waals surface area contributed by atoms with Gasteiger partial charge in [-0.15, -0.1) is 0 Å². The van der Waals surface area contributed by atoms with E-state index in [0.717, 1.165) is 25.7 Å².